The molecule has 100 valence electrons. The number of esters is 1. The maximum atomic E-state index is 11.8. The monoisotopic (exact) mass is 258 g/mol. The predicted octanol–water partition coefficient (Wildman–Crippen LogP) is 1.82. The average molecular weight is 258 g/mol. The molecule has 19 heavy (non-hydrogen) atoms. The standard InChI is InChI=1S/C15H18N2O2/c1-2-19-15(18)14-11-17(10-13(14)8-16)9-12-6-4-3-5-7-12/h3-7,13-14H,2,9-11H2,1H3/t13-,14+/m0/s1. The second-order valence-corrected chi connectivity index (χ2v) is 4.77. The van der Waals surface area contributed by atoms with E-state index in [2.05, 4.69) is 23.1 Å². The van der Waals surface area contributed by atoms with Gasteiger partial charge in [0, 0.05) is 19.6 Å². The predicted molar refractivity (Wildman–Crippen MR) is 70.9 cm³/mol. The van der Waals surface area contributed by atoms with Crippen molar-refractivity contribution in [2.45, 2.75) is 13.5 Å². The highest BCUT2D eigenvalue weighted by Gasteiger charge is 2.38. The molecule has 1 heterocycles. The number of hydrogen-bond donors (Lipinski definition) is 0. The van der Waals surface area contributed by atoms with E-state index in [0.29, 0.717) is 19.7 Å². The number of hydrogen-bond acceptors (Lipinski definition) is 4. The number of nitriles is 1. The first kappa shape index (κ1) is 13.6. The van der Waals surface area contributed by atoms with Crippen LogP contribution in [-0.2, 0) is 16.1 Å². The smallest absolute Gasteiger partial charge is 0.311 e. The van der Waals surface area contributed by atoms with Crippen LogP contribution in [0.2, 0.25) is 0 Å². The van der Waals surface area contributed by atoms with Crippen molar-refractivity contribution in [3.63, 3.8) is 0 Å². The fraction of sp³-hybridized carbons (Fsp3) is 0.467. The second-order valence-electron chi connectivity index (χ2n) is 4.77. The van der Waals surface area contributed by atoms with Crippen LogP contribution in [0.3, 0.4) is 0 Å². The van der Waals surface area contributed by atoms with Gasteiger partial charge in [0.2, 0.25) is 0 Å². The van der Waals surface area contributed by atoms with E-state index in [1.54, 1.807) is 6.92 Å². The molecule has 0 saturated carbocycles. The molecule has 1 saturated heterocycles. The van der Waals surface area contributed by atoms with Crippen LogP contribution in [0.4, 0.5) is 0 Å². The minimum Gasteiger partial charge on any atom is -0.466 e. The van der Waals surface area contributed by atoms with Crippen molar-refractivity contribution in [3.05, 3.63) is 35.9 Å². The van der Waals surface area contributed by atoms with Gasteiger partial charge in [-0.1, -0.05) is 30.3 Å². The summed E-state index contributed by atoms with van der Waals surface area (Å²) >= 11 is 0. The number of rotatable bonds is 4. The van der Waals surface area contributed by atoms with E-state index in [9.17, 15) is 4.79 Å². The molecule has 0 unspecified atom stereocenters. The Morgan fingerprint density at radius 2 is 2.16 bits per heavy atom. The number of benzene rings is 1. The van der Waals surface area contributed by atoms with Crippen LogP contribution in [0, 0.1) is 23.2 Å². The highest BCUT2D eigenvalue weighted by atomic mass is 16.5. The third-order valence-electron chi connectivity index (χ3n) is 3.40. The lowest BCUT2D eigenvalue weighted by Crippen LogP contribution is -2.25. The van der Waals surface area contributed by atoms with Crippen molar-refractivity contribution < 1.29 is 9.53 Å². The topological polar surface area (TPSA) is 53.3 Å². The molecule has 2 rings (SSSR count). The van der Waals surface area contributed by atoms with Crippen molar-refractivity contribution in [2.24, 2.45) is 11.8 Å². The number of likely N-dealkylation sites (tertiary alicyclic amines) is 1. The van der Waals surface area contributed by atoms with Crippen molar-refractivity contribution >= 4 is 5.97 Å². The van der Waals surface area contributed by atoms with Gasteiger partial charge in [-0.3, -0.25) is 9.69 Å². The number of nitrogens with zero attached hydrogens (tertiary/aromatic N) is 2. The van der Waals surface area contributed by atoms with E-state index in [1.165, 1.54) is 5.56 Å². The zero-order chi connectivity index (χ0) is 13.7. The van der Waals surface area contributed by atoms with E-state index in [0.717, 1.165) is 6.54 Å². The molecular formula is C15H18N2O2. The van der Waals surface area contributed by atoms with Crippen LogP contribution >= 0.6 is 0 Å². The molecule has 1 aliphatic rings. The summed E-state index contributed by atoms with van der Waals surface area (Å²) in [6.45, 7) is 4.16. The molecule has 1 fully saturated rings. The average Bonchev–Trinajstić information content (AvgIpc) is 2.83. The normalized spacial score (nSPS) is 22.9. The van der Waals surface area contributed by atoms with Crippen molar-refractivity contribution in [3.8, 4) is 6.07 Å². The summed E-state index contributed by atoms with van der Waals surface area (Å²) in [4.78, 5) is 14.0. The lowest BCUT2D eigenvalue weighted by atomic mass is 9.98. The summed E-state index contributed by atoms with van der Waals surface area (Å²) in [6, 6.07) is 12.3. The van der Waals surface area contributed by atoms with Crippen molar-refractivity contribution in [1.82, 2.24) is 4.90 Å². The third-order valence-corrected chi connectivity index (χ3v) is 3.40. The van der Waals surface area contributed by atoms with Gasteiger partial charge in [0.05, 0.1) is 24.5 Å². The Morgan fingerprint density at radius 1 is 1.42 bits per heavy atom. The Bertz CT molecular complexity index is 467. The summed E-state index contributed by atoms with van der Waals surface area (Å²) in [5, 5.41) is 9.15. The van der Waals surface area contributed by atoms with Gasteiger partial charge in [0.15, 0.2) is 0 Å². The Balaban J connectivity index is 1.99. The molecule has 1 aromatic carbocycles. The van der Waals surface area contributed by atoms with Crippen LogP contribution < -0.4 is 0 Å². The number of carbonyl (C=O) groups excluding carboxylic acids is 1. The third kappa shape index (κ3) is 3.33. The van der Waals surface area contributed by atoms with E-state index in [4.69, 9.17) is 10.00 Å². The van der Waals surface area contributed by atoms with E-state index in [-0.39, 0.29) is 17.8 Å². The van der Waals surface area contributed by atoms with Gasteiger partial charge in [0.25, 0.3) is 0 Å². The molecule has 0 radical (unpaired) electrons. The molecular weight excluding hydrogens is 240 g/mol. The first-order valence-electron chi connectivity index (χ1n) is 6.57. The SMILES string of the molecule is CCOC(=O)[C@@H]1CN(Cc2ccccc2)C[C@@H]1C#N. The van der Waals surface area contributed by atoms with Crippen LogP contribution in [0.25, 0.3) is 0 Å². The summed E-state index contributed by atoms with van der Waals surface area (Å²) in [7, 11) is 0. The molecule has 0 aromatic heterocycles. The Kier molecular flexibility index (Phi) is 4.53. The van der Waals surface area contributed by atoms with Gasteiger partial charge in [-0.25, -0.2) is 0 Å². The highest BCUT2D eigenvalue weighted by Crippen LogP contribution is 2.25. The Morgan fingerprint density at radius 3 is 2.79 bits per heavy atom. The Labute approximate surface area is 113 Å². The number of carbonyl (C=O) groups is 1. The van der Waals surface area contributed by atoms with Gasteiger partial charge < -0.3 is 4.74 Å². The highest BCUT2D eigenvalue weighted by molar-refractivity contribution is 5.74. The second kappa shape index (κ2) is 6.35. The summed E-state index contributed by atoms with van der Waals surface area (Å²) in [6.07, 6.45) is 0. The van der Waals surface area contributed by atoms with E-state index >= 15 is 0 Å². The first-order valence-corrected chi connectivity index (χ1v) is 6.57. The van der Waals surface area contributed by atoms with Crippen LogP contribution in [0.1, 0.15) is 12.5 Å². The maximum Gasteiger partial charge on any atom is 0.311 e. The van der Waals surface area contributed by atoms with Gasteiger partial charge >= 0.3 is 5.97 Å². The van der Waals surface area contributed by atoms with Crippen LogP contribution in [-0.4, -0.2) is 30.6 Å². The van der Waals surface area contributed by atoms with E-state index < -0.39 is 0 Å². The molecule has 2 atom stereocenters. The fourth-order valence-electron chi connectivity index (χ4n) is 2.47. The molecule has 1 aliphatic heterocycles. The maximum absolute atomic E-state index is 11.8. The molecule has 1 aromatic rings. The first-order chi connectivity index (χ1) is 9.24. The fourth-order valence-corrected chi connectivity index (χ4v) is 2.47. The van der Waals surface area contributed by atoms with Crippen molar-refractivity contribution in [2.75, 3.05) is 19.7 Å². The minimum atomic E-state index is -0.311. The molecule has 4 heteroatoms. The lowest BCUT2D eigenvalue weighted by molar-refractivity contribution is -0.148. The van der Waals surface area contributed by atoms with Crippen molar-refractivity contribution in [1.29, 1.82) is 5.26 Å². The zero-order valence-electron chi connectivity index (χ0n) is 11.1. The van der Waals surface area contributed by atoms with Crippen LogP contribution in [0.15, 0.2) is 30.3 Å². The summed E-state index contributed by atoms with van der Waals surface area (Å²) in [5.41, 5.74) is 1.20. The van der Waals surface area contributed by atoms with E-state index in [1.807, 2.05) is 18.2 Å². The largest absolute Gasteiger partial charge is 0.466 e. The number of ether oxygens (including phenoxy) is 1. The molecule has 0 bridgehead atoms. The quantitative estimate of drug-likeness (QED) is 0.773. The summed E-state index contributed by atoms with van der Waals surface area (Å²) in [5.74, 6) is -0.818. The van der Waals surface area contributed by atoms with Gasteiger partial charge in [-0.2, -0.15) is 5.26 Å². The van der Waals surface area contributed by atoms with Gasteiger partial charge in [0.1, 0.15) is 0 Å². The minimum absolute atomic E-state index is 0.246. The van der Waals surface area contributed by atoms with Gasteiger partial charge in [-0.15, -0.1) is 0 Å². The van der Waals surface area contributed by atoms with Gasteiger partial charge in [-0.05, 0) is 12.5 Å². The Hall–Kier alpha value is -1.86. The molecule has 0 aliphatic carbocycles. The molecule has 0 amide bonds. The molecule has 0 spiro atoms. The summed E-state index contributed by atoms with van der Waals surface area (Å²) < 4.78 is 5.04. The molecule has 0 N–H and O–H groups in total. The zero-order valence-corrected chi connectivity index (χ0v) is 11.1. The molecule has 4 nitrogen and oxygen atoms in total. The lowest BCUT2D eigenvalue weighted by Gasteiger charge is -2.15. The van der Waals surface area contributed by atoms with Crippen LogP contribution in [0.5, 0.6) is 0 Å².